The van der Waals surface area contributed by atoms with Crippen molar-refractivity contribution in [1.82, 2.24) is 0 Å². The minimum absolute atomic E-state index is 0.00621. The second-order valence-corrected chi connectivity index (χ2v) is 13.7. The maximum Gasteiger partial charge on any atom is 0.337 e. The van der Waals surface area contributed by atoms with Crippen molar-refractivity contribution in [2.45, 2.75) is 93.3 Å². The maximum atomic E-state index is 13.9. The quantitative estimate of drug-likeness (QED) is 0.0486. The third kappa shape index (κ3) is 14.1. The van der Waals surface area contributed by atoms with E-state index in [1.165, 1.54) is 6.92 Å². The smallest absolute Gasteiger partial charge is 0.337 e. The molecule has 0 saturated carbocycles. The highest BCUT2D eigenvalue weighted by Gasteiger charge is 2.33. The first-order valence-electron chi connectivity index (χ1n) is 16.8. The van der Waals surface area contributed by atoms with Gasteiger partial charge in [0.2, 0.25) is 0 Å². The third-order valence-corrected chi connectivity index (χ3v) is 7.87. The predicted octanol–water partition coefficient (Wildman–Crippen LogP) is 7.88. The monoisotopic (exact) mass is 668 g/mol. The molecule has 0 unspecified atom stereocenters. The molecule has 0 heterocycles. The Morgan fingerprint density at radius 1 is 0.812 bits per heavy atom. The van der Waals surface area contributed by atoms with Gasteiger partial charge in [0.05, 0.1) is 25.2 Å². The molecule has 0 aromatic heterocycles. The van der Waals surface area contributed by atoms with Crippen LogP contribution >= 0.6 is 0 Å². The summed E-state index contributed by atoms with van der Waals surface area (Å²) in [6.07, 6.45) is 1.60. The standard InChI is InChI=1S/C39H56O9/c1-26(2)31(21-30-17-18-34(44-10)36(22-30)45-20-14-19-43-9)23-33(38(42)48-39(6,7)8)35(47-28(5)40)24-32(27(3)4)37(41)46-25-29-15-12-11-13-16-29/h11-13,15-18,22,26-27,31-32H,14,19-21,23-25H2,1-10H3/t31-,32-/m0/s1. The van der Waals surface area contributed by atoms with Gasteiger partial charge in [-0.15, -0.1) is 0 Å². The lowest BCUT2D eigenvalue weighted by atomic mass is 9.82. The van der Waals surface area contributed by atoms with Crippen molar-refractivity contribution in [3.05, 3.63) is 71.0 Å². The molecule has 0 spiro atoms. The summed E-state index contributed by atoms with van der Waals surface area (Å²) in [5.74, 6) is -0.971. The van der Waals surface area contributed by atoms with Crippen LogP contribution in [0.3, 0.4) is 0 Å². The summed E-state index contributed by atoms with van der Waals surface area (Å²) in [6.45, 7) is 15.8. The van der Waals surface area contributed by atoms with Crippen LogP contribution in [0.1, 0.15) is 85.8 Å². The average Bonchev–Trinajstić information content (AvgIpc) is 3.01. The topological polar surface area (TPSA) is 107 Å². The molecule has 2 aromatic carbocycles. The van der Waals surface area contributed by atoms with Crippen LogP contribution in [0.5, 0.6) is 11.5 Å². The van der Waals surface area contributed by atoms with Gasteiger partial charge >= 0.3 is 17.9 Å². The molecule has 48 heavy (non-hydrogen) atoms. The third-order valence-electron chi connectivity index (χ3n) is 7.87. The Kier molecular flexibility index (Phi) is 16.7. The number of esters is 3. The Hall–Kier alpha value is -3.85. The first-order chi connectivity index (χ1) is 22.6. The fourth-order valence-electron chi connectivity index (χ4n) is 5.13. The zero-order valence-corrected chi connectivity index (χ0v) is 30.6. The van der Waals surface area contributed by atoms with Gasteiger partial charge < -0.3 is 28.4 Å². The summed E-state index contributed by atoms with van der Waals surface area (Å²) < 4.78 is 34.0. The van der Waals surface area contributed by atoms with Crippen molar-refractivity contribution in [1.29, 1.82) is 0 Å². The van der Waals surface area contributed by atoms with Gasteiger partial charge in [-0.3, -0.25) is 9.59 Å². The van der Waals surface area contributed by atoms with Gasteiger partial charge in [-0.25, -0.2) is 4.79 Å². The number of ether oxygens (including phenoxy) is 6. The summed E-state index contributed by atoms with van der Waals surface area (Å²) >= 11 is 0. The number of hydrogen-bond donors (Lipinski definition) is 0. The Morgan fingerprint density at radius 2 is 1.50 bits per heavy atom. The van der Waals surface area contributed by atoms with Crippen LogP contribution in [0.4, 0.5) is 0 Å². The number of methoxy groups -OCH3 is 2. The zero-order valence-electron chi connectivity index (χ0n) is 30.6. The number of benzene rings is 2. The van der Waals surface area contributed by atoms with E-state index in [0.29, 0.717) is 31.1 Å². The van der Waals surface area contributed by atoms with E-state index in [0.717, 1.165) is 17.5 Å². The summed E-state index contributed by atoms with van der Waals surface area (Å²) in [6, 6.07) is 15.2. The number of carbonyl (C=O) groups excluding carboxylic acids is 3. The van der Waals surface area contributed by atoms with E-state index in [4.69, 9.17) is 28.4 Å². The molecular formula is C39H56O9. The molecule has 0 saturated heterocycles. The highest BCUT2D eigenvalue weighted by Crippen LogP contribution is 2.35. The molecule has 0 radical (unpaired) electrons. The number of rotatable bonds is 19. The van der Waals surface area contributed by atoms with E-state index < -0.39 is 29.4 Å². The molecule has 0 fully saturated rings. The lowest BCUT2D eigenvalue weighted by Crippen LogP contribution is -2.29. The van der Waals surface area contributed by atoms with Crippen LogP contribution < -0.4 is 9.47 Å². The molecule has 9 heteroatoms. The lowest BCUT2D eigenvalue weighted by molar-refractivity contribution is -0.154. The van der Waals surface area contributed by atoms with Crippen LogP contribution in [-0.2, 0) is 46.4 Å². The Balaban J connectivity index is 2.51. The molecule has 0 aliphatic carbocycles. The Morgan fingerprint density at radius 3 is 2.06 bits per heavy atom. The van der Waals surface area contributed by atoms with E-state index >= 15 is 0 Å². The van der Waals surface area contributed by atoms with Gasteiger partial charge in [0.1, 0.15) is 18.0 Å². The number of allylic oxidation sites excluding steroid dienone is 1. The summed E-state index contributed by atoms with van der Waals surface area (Å²) in [5.41, 5.74) is 1.30. The summed E-state index contributed by atoms with van der Waals surface area (Å²) in [4.78, 5) is 39.8. The normalized spacial score (nSPS) is 13.4. The predicted molar refractivity (Wildman–Crippen MR) is 185 cm³/mol. The minimum Gasteiger partial charge on any atom is -0.493 e. The van der Waals surface area contributed by atoms with Crippen LogP contribution in [0.2, 0.25) is 0 Å². The summed E-state index contributed by atoms with van der Waals surface area (Å²) in [7, 11) is 3.26. The van der Waals surface area contributed by atoms with Crippen LogP contribution in [0, 0.1) is 23.7 Å². The molecule has 0 N–H and O–H groups in total. The van der Waals surface area contributed by atoms with E-state index in [-0.39, 0.29) is 48.5 Å². The van der Waals surface area contributed by atoms with Crippen LogP contribution in [0.25, 0.3) is 0 Å². The van der Waals surface area contributed by atoms with Crippen molar-refractivity contribution < 1.29 is 42.8 Å². The summed E-state index contributed by atoms with van der Waals surface area (Å²) in [5, 5.41) is 0. The van der Waals surface area contributed by atoms with Gasteiger partial charge in [0.25, 0.3) is 0 Å². The van der Waals surface area contributed by atoms with E-state index in [2.05, 4.69) is 13.8 Å². The maximum absolute atomic E-state index is 13.9. The van der Waals surface area contributed by atoms with Gasteiger partial charge in [0, 0.05) is 33.5 Å². The Bertz CT molecular complexity index is 1340. The van der Waals surface area contributed by atoms with Gasteiger partial charge in [-0.05, 0) is 74.6 Å². The van der Waals surface area contributed by atoms with Crippen molar-refractivity contribution in [2.24, 2.45) is 23.7 Å². The van der Waals surface area contributed by atoms with Gasteiger partial charge in [-0.1, -0.05) is 64.1 Å². The van der Waals surface area contributed by atoms with Gasteiger partial charge in [-0.2, -0.15) is 0 Å². The average molecular weight is 669 g/mol. The molecule has 0 bridgehead atoms. The molecule has 0 aliphatic rings. The molecule has 0 aliphatic heterocycles. The molecule has 2 rings (SSSR count). The van der Waals surface area contributed by atoms with Gasteiger partial charge in [0.15, 0.2) is 11.5 Å². The highest BCUT2D eigenvalue weighted by atomic mass is 16.6. The first kappa shape index (κ1) is 40.3. The fourth-order valence-corrected chi connectivity index (χ4v) is 5.13. The molecule has 9 nitrogen and oxygen atoms in total. The molecule has 266 valence electrons. The molecule has 2 atom stereocenters. The highest BCUT2D eigenvalue weighted by molar-refractivity contribution is 5.90. The molecule has 0 amide bonds. The Labute approximate surface area is 287 Å². The second kappa shape index (κ2) is 19.8. The number of carbonyl (C=O) groups is 3. The number of hydrogen-bond acceptors (Lipinski definition) is 9. The van der Waals surface area contributed by atoms with Crippen molar-refractivity contribution in [3.63, 3.8) is 0 Å². The largest absolute Gasteiger partial charge is 0.493 e. The zero-order chi connectivity index (χ0) is 35.9. The van der Waals surface area contributed by atoms with Crippen molar-refractivity contribution >= 4 is 17.9 Å². The van der Waals surface area contributed by atoms with E-state index in [1.807, 2.05) is 62.4 Å². The SMILES string of the molecule is COCCCOc1cc(C[C@@H](CC(C(=O)OC(C)(C)C)=C(C[C@H](C(=O)OCc2ccccc2)C(C)C)OC(C)=O)C(C)C)ccc1OC. The fraction of sp³-hybridized carbons (Fsp3) is 0.564. The molecule has 2 aromatic rings. The second-order valence-electron chi connectivity index (χ2n) is 13.7. The molecular weight excluding hydrogens is 612 g/mol. The lowest BCUT2D eigenvalue weighted by Gasteiger charge is -2.27. The van der Waals surface area contributed by atoms with Crippen molar-refractivity contribution in [2.75, 3.05) is 27.4 Å². The van der Waals surface area contributed by atoms with E-state index in [9.17, 15) is 14.4 Å². The van der Waals surface area contributed by atoms with E-state index in [1.54, 1.807) is 35.0 Å². The first-order valence-corrected chi connectivity index (χ1v) is 16.8. The van der Waals surface area contributed by atoms with Crippen molar-refractivity contribution in [3.8, 4) is 11.5 Å². The van der Waals surface area contributed by atoms with Crippen LogP contribution in [-0.4, -0.2) is 50.9 Å². The van der Waals surface area contributed by atoms with Crippen LogP contribution in [0.15, 0.2) is 59.9 Å². The minimum atomic E-state index is -0.798.